The van der Waals surface area contributed by atoms with E-state index in [1.807, 2.05) is 39.3 Å². The van der Waals surface area contributed by atoms with E-state index in [0.29, 0.717) is 18.3 Å². The topological polar surface area (TPSA) is 56.2 Å². The number of benzene rings is 1. The molecule has 26 heavy (non-hydrogen) atoms. The van der Waals surface area contributed by atoms with Gasteiger partial charge in [0.25, 0.3) is 6.57 Å². The van der Waals surface area contributed by atoms with E-state index in [0.717, 1.165) is 42.5 Å². The van der Waals surface area contributed by atoms with E-state index in [2.05, 4.69) is 30.6 Å². The second-order valence-corrected chi connectivity index (χ2v) is 6.60. The smallest absolute Gasteiger partial charge is 0.350 e. The highest BCUT2D eigenvalue weighted by Crippen LogP contribution is 2.34. The van der Waals surface area contributed by atoms with Gasteiger partial charge in [0.05, 0.1) is 18.4 Å². The molecule has 0 aromatic heterocycles. The van der Waals surface area contributed by atoms with Crippen molar-refractivity contribution >= 4 is 28.7 Å². The van der Waals surface area contributed by atoms with Gasteiger partial charge in [-0.2, -0.15) is 0 Å². The van der Waals surface area contributed by atoms with Crippen molar-refractivity contribution in [1.82, 2.24) is 15.5 Å². The van der Waals surface area contributed by atoms with Crippen LogP contribution in [0.2, 0.25) is 0 Å². The second-order valence-electron chi connectivity index (χ2n) is 6.19. The molecule has 1 aliphatic rings. The van der Waals surface area contributed by atoms with Gasteiger partial charge in [0.2, 0.25) is 0 Å². The van der Waals surface area contributed by atoms with E-state index in [4.69, 9.17) is 23.5 Å². The molecular formula is C18H27N6OS+. The van der Waals surface area contributed by atoms with Gasteiger partial charge >= 0.3 is 5.70 Å². The number of ether oxygens (including phenoxy) is 1. The van der Waals surface area contributed by atoms with Crippen molar-refractivity contribution in [2.75, 3.05) is 64.1 Å². The third kappa shape index (κ3) is 5.79. The van der Waals surface area contributed by atoms with Gasteiger partial charge in [0, 0.05) is 25.8 Å². The van der Waals surface area contributed by atoms with E-state index < -0.39 is 0 Å². The number of nitrogens with zero attached hydrogens (tertiary/aromatic N) is 3. The van der Waals surface area contributed by atoms with Crippen LogP contribution in [-0.2, 0) is 0 Å². The first-order valence-electron chi connectivity index (χ1n) is 8.52. The van der Waals surface area contributed by atoms with Gasteiger partial charge in [-0.3, -0.25) is 0 Å². The van der Waals surface area contributed by atoms with Gasteiger partial charge in [-0.05, 0) is 49.4 Å². The van der Waals surface area contributed by atoms with Crippen molar-refractivity contribution < 1.29 is 4.74 Å². The van der Waals surface area contributed by atoms with Crippen molar-refractivity contribution in [3.8, 4) is 12.3 Å². The molecule has 1 aliphatic heterocycles. The van der Waals surface area contributed by atoms with Crippen LogP contribution in [0.5, 0.6) is 5.75 Å². The fraction of sp³-hybridized carbons (Fsp3) is 0.444. The lowest BCUT2D eigenvalue weighted by molar-refractivity contribution is 0.309. The Hall–Kier alpha value is -2.50. The maximum Gasteiger partial charge on any atom is 0.350 e. The molecule has 0 fully saturated rings. The summed E-state index contributed by atoms with van der Waals surface area (Å²) in [7, 11) is 5.88. The first-order chi connectivity index (χ1) is 12.5. The van der Waals surface area contributed by atoms with Crippen LogP contribution in [0.1, 0.15) is 0 Å². The van der Waals surface area contributed by atoms with Crippen LogP contribution in [-0.4, -0.2) is 63.9 Å². The molecule has 0 atom stereocenters. The minimum atomic E-state index is 0.600. The monoisotopic (exact) mass is 375 g/mol. The Labute approximate surface area is 160 Å². The predicted octanol–water partition coefficient (Wildman–Crippen LogP) is 1.76. The molecule has 1 aromatic rings. The van der Waals surface area contributed by atoms with Crippen molar-refractivity contribution in [2.24, 2.45) is 0 Å². The summed E-state index contributed by atoms with van der Waals surface area (Å²) in [6.07, 6.45) is 1.79. The summed E-state index contributed by atoms with van der Waals surface area (Å²) >= 11 is 5.36. The quantitative estimate of drug-likeness (QED) is 0.628. The Morgan fingerprint density at radius 2 is 2.27 bits per heavy atom. The number of hydrogen-bond acceptors (Lipinski definition) is 5. The van der Waals surface area contributed by atoms with Gasteiger partial charge in [0.1, 0.15) is 18.9 Å². The molecule has 0 saturated carbocycles. The number of nitrogens with one attached hydrogen (secondary N) is 3. The summed E-state index contributed by atoms with van der Waals surface area (Å²) in [6, 6.07) is 5.94. The molecule has 3 N–H and O–H groups in total. The van der Waals surface area contributed by atoms with Crippen LogP contribution in [0.15, 0.2) is 30.1 Å². The zero-order valence-corrected chi connectivity index (χ0v) is 16.4. The first kappa shape index (κ1) is 19.8. The lowest BCUT2D eigenvalue weighted by Crippen LogP contribution is -2.35. The lowest BCUT2D eigenvalue weighted by Gasteiger charge is -2.30. The Kier molecular flexibility index (Phi) is 7.51. The van der Waals surface area contributed by atoms with Crippen LogP contribution in [0.3, 0.4) is 0 Å². The van der Waals surface area contributed by atoms with Gasteiger partial charge < -0.3 is 30.5 Å². The Morgan fingerprint density at radius 3 is 2.96 bits per heavy atom. The number of rotatable bonds is 7. The van der Waals surface area contributed by atoms with E-state index in [-0.39, 0.29) is 0 Å². The summed E-state index contributed by atoms with van der Waals surface area (Å²) < 4.78 is 5.76. The molecule has 0 saturated heterocycles. The lowest BCUT2D eigenvalue weighted by atomic mass is 10.2. The number of fused-ring (bicyclic) bond motifs is 1. The van der Waals surface area contributed by atoms with Crippen LogP contribution in [0, 0.1) is 6.57 Å². The van der Waals surface area contributed by atoms with Crippen LogP contribution >= 0.6 is 12.2 Å². The molecule has 140 valence electrons. The molecule has 1 aromatic carbocycles. The Bertz CT molecular complexity index is 697. The van der Waals surface area contributed by atoms with Gasteiger partial charge in [-0.15, -0.1) is 0 Å². The summed E-state index contributed by atoms with van der Waals surface area (Å²) in [5, 5.41) is 9.98. The third-order valence-electron chi connectivity index (χ3n) is 3.85. The highest BCUT2D eigenvalue weighted by Gasteiger charge is 2.22. The second kappa shape index (κ2) is 9.85. The highest BCUT2D eigenvalue weighted by molar-refractivity contribution is 7.80. The van der Waals surface area contributed by atoms with Crippen LogP contribution in [0.25, 0.3) is 4.85 Å². The van der Waals surface area contributed by atoms with E-state index >= 15 is 0 Å². The summed E-state index contributed by atoms with van der Waals surface area (Å²) in [6.45, 7) is 9.17. The van der Waals surface area contributed by atoms with Gasteiger partial charge in [-0.25, -0.2) is 0 Å². The molecule has 0 aliphatic carbocycles. The molecule has 0 unspecified atom stereocenters. The molecule has 0 amide bonds. The summed E-state index contributed by atoms with van der Waals surface area (Å²) in [5.41, 5.74) is 2.66. The number of likely N-dealkylation sites (N-methyl/N-ethyl adjacent to an activating group) is 1. The molecular weight excluding hydrogens is 348 g/mol. The average Bonchev–Trinajstić information content (AvgIpc) is 2.61. The molecule has 2 rings (SSSR count). The van der Waals surface area contributed by atoms with Crippen LogP contribution in [0.4, 0.5) is 11.4 Å². The molecule has 8 heteroatoms. The van der Waals surface area contributed by atoms with Crippen molar-refractivity contribution in [3.63, 3.8) is 0 Å². The molecule has 0 bridgehead atoms. The maximum atomic E-state index is 5.76. The maximum absolute atomic E-state index is 5.76. The number of anilines is 2. The summed E-state index contributed by atoms with van der Waals surface area (Å²) in [5.74, 6) is 0.842. The van der Waals surface area contributed by atoms with Crippen molar-refractivity contribution in [3.05, 3.63) is 34.9 Å². The van der Waals surface area contributed by atoms with Gasteiger partial charge in [0.15, 0.2) is 5.11 Å². The fourth-order valence-corrected chi connectivity index (χ4v) is 2.79. The minimum absolute atomic E-state index is 0.600. The van der Waals surface area contributed by atoms with Crippen molar-refractivity contribution in [2.45, 2.75) is 0 Å². The number of thiocarbonyl (C=S) groups is 1. The van der Waals surface area contributed by atoms with Crippen molar-refractivity contribution in [1.29, 1.82) is 0 Å². The molecule has 1 heterocycles. The zero-order chi connectivity index (χ0) is 18.9. The highest BCUT2D eigenvalue weighted by atomic mass is 32.1. The minimum Gasteiger partial charge on any atom is -0.490 e. The van der Waals surface area contributed by atoms with E-state index in [1.165, 1.54) is 0 Å². The summed E-state index contributed by atoms with van der Waals surface area (Å²) in [4.78, 5) is 8.12. The first-order valence-corrected chi connectivity index (χ1v) is 8.93. The standard InChI is InChI=1S/C18H26N6OS/c1-19-12-15(20-2)13-24-9-10-25-17-6-5-14(11-16(17)24)22-18(26)21-7-8-23(3)4/h2,5-6,11-12,19H,7-10,13H2,1,3-4H3,(H-,21,22,26)/p+1/b15-12-. The fourth-order valence-electron chi connectivity index (χ4n) is 2.57. The predicted molar refractivity (Wildman–Crippen MR) is 112 cm³/mol. The van der Waals surface area contributed by atoms with E-state index in [1.54, 1.807) is 6.20 Å². The molecule has 0 radical (unpaired) electrons. The third-order valence-corrected chi connectivity index (χ3v) is 4.10. The normalized spacial score (nSPS) is 13.5. The SMILES string of the molecule is C#[N+]/C(=C\NC)CN1CCOc2ccc(NC(=S)NCCN(C)C)cc21. The zero-order valence-electron chi connectivity index (χ0n) is 15.6. The Balaban J connectivity index is 2.07. The van der Waals surface area contributed by atoms with Crippen LogP contribution < -0.4 is 25.6 Å². The average molecular weight is 376 g/mol. The van der Waals surface area contributed by atoms with E-state index in [9.17, 15) is 0 Å². The molecule has 0 spiro atoms. The van der Waals surface area contributed by atoms with Gasteiger partial charge in [-0.1, -0.05) is 0 Å². The Morgan fingerprint density at radius 1 is 1.46 bits per heavy atom. The number of hydrogen-bond donors (Lipinski definition) is 3. The largest absolute Gasteiger partial charge is 0.490 e. The molecule has 7 nitrogen and oxygen atoms in total.